The molecule has 0 bridgehead atoms. The van der Waals surface area contributed by atoms with E-state index in [1.54, 1.807) is 0 Å². The zero-order chi connectivity index (χ0) is 18.8. The van der Waals surface area contributed by atoms with Gasteiger partial charge in [0, 0.05) is 37.2 Å². The van der Waals surface area contributed by atoms with Gasteiger partial charge in [0.15, 0.2) is 5.82 Å². The van der Waals surface area contributed by atoms with Crippen LogP contribution in [0.1, 0.15) is 63.0 Å². The number of aromatic nitrogens is 4. The second kappa shape index (κ2) is 8.25. The van der Waals surface area contributed by atoms with E-state index in [0.717, 1.165) is 48.6 Å². The molecular weight excluding hydrogens is 360 g/mol. The summed E-state index contributed by atoms with van der Waals surface area (Å²) in [5.41, 5.74) is 1.09. The number of piperazine rings is 1. The highest BCUT2D eigenvalue weighted by atomic mass is 35.5. The van der Waals surface area contributed by atoms with Gasteiger partial charge in [-0.25, -0.2) is 4.68 Å². The Hall–Kier alpha value is -1.50. The summed E-state index contributed by atoms with van der Waals surface area (Å²) in [6, 6.07) is 9.07. The van der Waals surface area contributed by atoms with E-state index < -0.39 is 0 Å². The van der Waals surface area contributed by atoms with Gasteiger partial charge in [0.05, 0.1) is 12.1 Å². The predicted molar refractivity (Wildman–Crippen MR) is 107 cm³/mol. The van der Waals surface area contributed by atoms with E-state index in [1.165, 1.54) is 25.7 Å². The maximum absolute atomic E-state index is 6.60. The van der Waals surface area contributed by atoms with Gasteiger partial charge in [-0.3, -0.25) is 9.80 Å². The van der Waals surface area contributed by atoms with Crippen LogP contribution >= 0.6 is 11.6 Å². The minimum atomic E-state index is -0.0122. The number of halogens is 1. The van der Waals surface area contributed by atoms with Crippen molar-refractivity contribution in [1.29, 1.82) is 0 Å². The van der Waals surface area contributed by atoms with Gasteiger partial charge < -0.3 is 0 Å². The second-order valence-electron chi connectivity index (χ2n) is 8.01. The molecule has 1 saturated carbocycles. The van der Waals surface area contributed by atoms with Gasteiger partial charge in [0.1, 0.15) is 0 Å². The van der Waals surface area contributed by atoms with Crippen LogP contribution in [0, 0.1) is 0 Å². The molecule has 1 unspecified atom stereocenters. The number of rotatable bonds is 5. The molecule has 6 nitrogen and oxygen atoms in total. The maximum atomic E-state index is 6.60. The lowest BCUT2D eigenvalue weighted by Crippen LogP contribution is -2.51. The summed E-state index contributed by atoms with van der Waals surface area (Å²) < 4.78 is 1.93. The highest BCUT2D eigenvalue weighted by Gasteiger charge is 2.34. The molecule has 2 heterocycles. The van der Waals surface area contributed by atoms with Gasteiger partial charge in [-0.1, -0.05) is 42.6 Å². The summed E-state index contributed by atoms with van der Waals surface area (Å²) in [5.74, 6) is 0.882. The van der Waals surface area contributed by atoms with Crippen LogP contribution in [0.4, 0.5) is 0 Å². The molecule has 0 spiro atoms. The van der Waals surface area contributed by atoms with E-state index in [4.69, 9.17) is 11.6 Å². The van der Waals surface area contributed by atoms with Gasteiger partial charge in [0.2, 0.25) is 0 Å². The molecule has 2 fully saturated rings. The lowest BCUT2D eigenvalue weighted by atomic mass is 10.0. The van der Waals surface area contributed by atoms with Crippen molar-refractivity contribution in [2.45, 2.75) is 57.7 Å². The summed E-state index contributed by atoms with van der Waals surface area (Å²) in [7, 11) is 0. The third-order valence-corrected chi connectivity index (χ3v) is 6.35. The maximum Gasteiger partial charge on any atom is 0.173 e. The third kappa shape index (κ3) is 3.89. The van der Waals surface area contributed by atoms with Gasteiger partial charge in [0.25, 0.3) is 0 Å². The van der Waals surface area contributed by atoms with Crippen molar-refractivity contribution in [3.8, 4) is 0 Å². The van der Waals surface area contributed by atoms with Gasteiger partial charge in [-0.2, -0.15) is 0 Å². The molecule has 0 amide bonds. The quantitative estimate of drug-likeness (QED) is 0.783. The Balaban J connectivity index is 1.61. The van der Waals surface area contributed by atoms with Crippen molar-refractivity contribution in [2.75, 3.05) is 26.2 Å². The largest absolute Gasteiger partial charge is 0.298 e. The Morgan fingerprint density at radius 2 is 1.74 bits per heavy atom. The third-order valence-electron chi connectivity index (χ3n) is 6.01. The fourth-order valence-electron chi connectivity index (χ4n) is 4.57. The average Bonchev–Trinajstić information content (AvgIpc) is 3.36. The molecule has 1 aliphatic heterocycles. The van der Waals surface area contributed by atoms with E-state index in [9.17, 15) is 0 Å². The van der Waals surface area contributed by atoms with Crippen molar-refractivity contribution in [1.82, 2.24) is 30.0 Å². The van der Waals surface area contributed by atoms with E-state index >= 15 is 0 Å². The highest BCUT2D eigenvalue weighted by molar-refractivity contribution is 6.31. The molecule has 1 aliphatic carbocycles. The Bertz CT molecular complexity index is 746. The molecule has 27 heavy (non-hydrogen) atoms. The molecule has 7 heteroatoms. The molecule has 1 atom stereocenters. The van der Waals surface area contributed by atoms with Crippen LogP contribution in [-0.2, 0) is 0 Å². The van der Waals surface area contributed by atoms with Gasteiger partial charge in [-0.15, -0.1) is 5.10 Å². The van der Waals surface area contributed by atoms with E-state index in [1.807, 2.05) is 22.9 Å². The van der Waals surface area contributed by atoms with Gasteiger partial charge in [-0.05, 0) is 48.7 Å². The number of nitrogens with zero attached hydrogens (tertiary/aromatic N) is 6. The average molecular weight is 389 g/mol. The van der Waals surface area contributed by atoms with Crippen molar-refractivity contribution in [3.05, 3.63) is 40.7 Å². The van der Waals surface area contributed by atoms with Crippen LogP contribution in [0.15, 0.2) is 24.3 Å². The molecule has 0 N–H and O–H groups in total. The topological polar surface area (TPSA) is 50.1 Å². The lowest BCUT2D eigenvalue weighted by molar-refractivity contribution is 0.0767. The molecular formula is C20H29ClN6. The predicted octanol–water partition coefficient (Wildman–Crippen LogP) is 3.56. The summed E-state index contributed by atoms with van der Waals surface area (Å²) in [6.07, 6.45) is 5.49. The molecule has 1 saturated heterocycles. The fraction of sp³-hybridized carbons (Fsp3) is 0.650. The summed E-state index contributed by atoms with van der Waals surface area (Å²) in [6.45, 7) is 8.46. The zero-order valence-corrected chi connectivity index (χ0v) is 17.0. The first-order valence-corrected chi connectivity index (χ1v) is 10.5. The van der Waals surface area contributed by atoms with Crippen LogP contribution in [0.5, 0.6) is 0 Å². The molecule has 2 aliphatic rings. The first-order valence-electron chi connectivity index (χ1n) is 10.2. The summed E-state index contributed by atoms with van der Waals surface area (Å²) in [5, 5.41) is 13.4. The second-order valence-corrected chi connectivity index (χ2v) is 8.42. The van der Waals surface area contributed by atoms with Crippen molar-refractivity contribution in [3.63, 3.8) is 0 Å². The van der Waals surface area contributed by atoms with Crippen molar-refractivity contribution in [2.24, 2.45) is 0 Å². The minimum Gasteiger partial charge on any atom is -0.298 e. The molecule has 1 aromatic carbocycles. The summed E-state index contributed by atoms with van der Waals surface area (Å²) >= 11 is 6.60. The molecule has 4 rings (SSSR count). The van der Waals surface area contributed by atoms with Crippen LogP contribution in [0.25, 0.3) is 0 Å². The van der Waals surface area contributed by atoms with E-state index in [-0.39, 0.29) is 12.1 Å². The minimum absolute atomic E-state index is 0.0122. The molecule has 1 aromatic heterocycles. The van der Waals surface area contributed by atoms with Crippen LogP contribution < -0.4 is 0 Å². The summed E-state index contributed by atoms with van der Waals surface area (Å²) in [4.78, 5) is 5.18. The monoisotopic (exact) mass is 388 g/mol. The highest BCUT2D eigenvalue weighted by Crippen LogP contribution is 2.34. The first-order chi connectivity index (χ1) is 13.1. The van der Waals surface area contributed by atoms with Crippen LogP contribution in [0.3, 0.4) is 0 Å². The van der Waals surface area contributed by atoms with Crippen molar-refractivity contribution < 1.29 is 0 Å². The van der Waals surface area contributed by atoms with E-state index in [0.29, 0.717) is 0 Å². The Morgan fingerprint density at radius 3 is 2.41 bits per heavy atom. The lowest BCUT2D eigenvalue weighted by Gasteiger charge is -2.41. The van der Waals surface area contributed by atoms with Crippen LogP contribution in [0.2, 0.25) is 5.02 Å². The smallest absolute Gasteiger partial charge is 0.173 e. The molecule has 0 radical (unpaired) electrons. The fourth-order valence-corrected chi connectivity index (χ4v) is 4.81. The van der Waals surface area contributed by atoms with Gasteiger partial charge >= 0.3 is 0 Å². The first kappa shape index (κ1) is 18.8. The Labute approximate surface area is 166 Å². The SMILES string of the molecule is CC(C)n1nnnc1C(c1ccccc1Cl)N1CCN(C2CCCC2)CC1. The number of benzene rings is 1. The van der Waals surface area contributed by atoms with Crippen molar-refractivity contribution >= 4 is 11.6 Å². The molecule has 2 aromatic rings. The Kier molecular flexibility index (Phi) is 5.76. The van der Waals surface area contributed by atoms with E-state index in [2.05, 4.69) is 45.2 Å². The normalized spacial score (nSPS) is 21.2. The number of hydrogen-bond acceptors (Lipinski definition) is 5. The number of hydrogen-bond donors (Lipinski definition) is 0. The Morgan fingerprint density at radius 1 is 1.04 bits per heavy atom. The van der Waals surface area contributed by atoms with Crippen LogP contribution in [-0.4, -0.2) is 62.2 Å². The number of tetrazole rings is 1. The molecule has 146 valence electrons. The zero-order valence-electron chi connectivity index (χ0n) is 16.3. The standard InChI is InChI=1S/C20H29ClN6/c1-15(2)27-20(22-23-24-27)19(17-9-5-6-10-18(17)21)26-13-11-25(12-14-26)16-7-3-4-8-16/h5-6,9-10,15-16,19H,3-4,7-8,11-14H2,1-2H3.